The molecule has 0 bridgehead atoms. The maximum atomic E-state index is 12.1. The van der Waals surface area contributed by atoms with E-state index in [0.717, 1.165) is 24.6 Å². The fourth-order valence-corrected chi connectivity index (χ4v) is 2.65. The molecule has 1 saturated heterocycles. The summed E-state index contributed by atoms with van der Waals surface area (Å²) in [5, 5.41) is 2.88. The first kappa shape index (κ1) is 14.5. The zero-order chi connectivity index (χ0) is 15.4. The highest BCUT2D eigenvalue weighted by atomic mass is 16.1. The Kier molecular flexibility index (Phi) is 4.32. The molecule has 1 amide bonds. The molecule has 5 heteroatoms. The first-order valence-corrected chi connectivity index (χ1v) is 7.65. The summed E-state index contributed by atoms with van der Waals surface area (Å²) < 4.78 is 0. The molecule has 5 nitrogen and oxygen atoms in total. The van der Waals surface area contributed by atoms with E-state index in [0.29, 0.717) is 17.9 Å². The van der Waals surface area contributed by atoms with E-state index in [9.17, 15) is 4.79 Å². The van der Waals surface area contributed by atoms with E-state index in [2.05, 4.69) is 20.2 Å². The number of hydrogen-bond donors (Lipinski definition) is 1. The lowest BCUT2D eigenvalue weighted by atomic mass is 10.2. The van der Waals surface area contributed by atoms with Gasteiger partial charge in [0.25, 0.3) is 5.91 Å². The Morgan fingerprint density at radius 3 is 2.64 bits per heavy atom. The molecule has 22 heavy (non-hydrogen) atoms. The molecule has 1 aromatic heterocycles. The lowest BCUT2D eigenvalue weighted by Crippen LogP contribution is -2.25. The highest BCUT2D eigenvalue weighted by Gasteiger charge is 2.15. The maximum Gasteiger partial charge on any atom is 0.251 e. The van der Waals surface area contributed by atoms with Gasteiger partial charge in [0.1, 0.15) is 11.6 Å². The SMILES string of the molecule is Cc1cc(N2CCCC2)nc(CNC(=O)c2ccccc2)n1. The number of nitrogens with zero attached hydrogens (tertiary/aromatic N) is 3. The van der Waals surface area contributed by atoms with Crippen LogP contribution in [0.4, 0.5) is 5.82 Å². The average Bonchev–Trinajstić information content (AvgIpc) is 3.07. The van der Waals surface area contributed by atoms with Gasteiger partial charge in [-0.3, -0.25) is 4.79 Å². The lowest BCUT2D eigenvalue weighted by Gasteiger charge is -2.17. The average molecular weight is 296 g/mol. The second kappa shape index (κ2) is 6.56. The molecule has 0 radical (unpaired) electrons. The number of rotatable bonds is 4. The van der Waals surface area contributed by atoms with Gasteiger partial charge in [0.15, 0.2) is 0 Å². The Labute approximate surface area is 130 Å². The number of aromatic nitrogens is 2. The number of carbonyl (C=O) groups excluding carboxylic acids is 1. The normalized spacial score (nSPS) is 14.1. The second-order valence-corrected chi connectivity index (χ2v) is 5.53. The third-order valence-corrected chi connectivity index (χ3v) is 3.76. The van der Waals surface area contributed by atoms with Gasteiger partial charge in [-0.05, 0) is 31.9 Å². The summed E-state index contributed by atoms with van der Waals surface area (Å²) in [6.45, 7) is 4.40. The summed E-state index contributed by atoms with van der Waals surface area (Å²) in [5.41, 5.74) is 1.58. The molecule has 114 valence electrons. The molecule has 1 aliphatic rings. The number of benzene rings is 1. The van der Waals surface area contributed by atoms with Gasteiger partial charge in [0.05, 0.1) is 6.54 Å². The molecule has 2 heterocycles. The Hall–Kier alpha value is -2.43. The molecule has 1 fully saturated rings. The van der Waals surface area contributed by atoms with Crippen LogP contribution in [0.1, 0.15) is 34.7 Å². The van der Waals surface area contributed by atoms with E-state index in [-0.39, 0.29) is 5.91 Å². The van der Waals surface area contributed by atoms with Crippen molar-refractivity contribution in [3.05, 3.63) is 53.5 Å². The molecule has 2 aromatic rings. The number of hydrogen-bond acceptors (Lipinski definition) is 4. The minimum atomic E-state index is -0.103. The van der Waals surface area contributed by atoms with Crippen molar-refractivity contribution in [2.45, 2.75) is 26.3 Å². The van der Waals surface area contributed by atoms with Crippen LogP contribution < -0.4 is 10.2 Å². The van der Waals surface area contributed by atoms with Crippen LogP contribution in [0.2, 0.25) is 0 Å². The fraction of sp³-hybridized carbons (Fsp3) is 0.353. The van der Waals surface area contributed by atoms with Crippen LogP contribution in [0.25, 0.3) is 0 Å². The summed E-state index contributed by atoms with van der Waals surface area (Å²) in [6, 6.07) is 11.2. The summed E-state index contributed by atoms with van der Waals surface area (Å²) in [6.07, 6.45) is 2.42. The van der Waals surface area contributed by atoms with Crippen LogP contribution in [-0.2, 0) is 6.54 Å². The zero-order valence-electron chi connectivity index (χ0n) is 12.7. The van der Waals surface area contributed by atoms with Gasteiger partial charge in [0.2, 0.25) is 0 Å². The predicted octanol–water partition coefficient (Wildman–Crippen LogP) is 2.32. The van der Waals surface area contributed by atoms with Crippen molar-refractivity contribution in [2.24, 2.45) is 0 Å². The van der Waals surface area contributed by atoms with Crippen molar-refractivity contribution in [3.63, 3.8) is 0 Å². The van der Waals surface area contributed by atoms with Gasteiger partial charge in [-0.25, -0.2) is 9.97 Å². The minimum Gasteiger partial charge on any atom is -0.357 e. The minimum absolute atomic E-state index is 0.103. The van der Waals surface area contributed by atoms with Crippen molar-refractivity contribution >= 4 is 11.7 Å². The molecule has 0 unspecified atom stereocenters. The number of amides is 1. The summed E-state index contributed by atoms with van der Waals surface area (Å²) in [4.78, 5) is 23.3. The van der Waals surface area contributed by atoms with Gasteiger partial charge >= 0.3 is 0 Å². The number of carbonyl (C=O) groups is 1. The third kappa shape index (κ3) is 3.42. The highest BCUT2D eigenvalue weighted by molar-refractivity contribution is 5.93. The standard InChI is InChI=1S/C17H20N4O/c1-13-11-16(21-9-5-6-10-21)20-15(19-13)12-18-17(22)14-7-3-2-4-8-14/h2-4,7-8,11H,5-6,9-10,12H2,1H3,(H,18,22). The Balaban J connectivity index is 1.68. The van der Waals surface area contributed by atoms with Crippen molar-refractivity contribution in [3.8, 4) is 0 Å². The number of nitrogens with one attached hydrogen (secondary N) is 1. The Morgan fingerprint density at radius 2 is 1.91 bits per heavy atom. The molecule has 1 N–H and O–H groups in total. The molecule has 1 aromatic carbocycles. The molecule has 0 aliphatic carbocycles. The predicted molar refractivity (Wildman–Crippen MR) is 85.8 cm³/mol. The number of aryl methyl sites for hydroxylation is 1. The van der Waals surface area contributed by atoms with E-state index >= 15 is 0 Å². The van der Waals surface area contributed by atoms with E-state index in [1.165, 1.54) is 12.8 Å². The number of anilines is 1. The first-order valence-electron chi connectivity index (χ1n) is 7.65. The van der Waals surface area contributed by atoms with Crippen molar-refractivity contribution in [1.82, 2.24) is 15.3 Å². The highest BCUT2D eigenvalue weighted by Crippen LogP contribution is 2.18. The van der Waals surface area contributed by atoms with Gasteiger partial charge in [0, 0.05) is 30.4 Å². The smallest absolute Gasteiger partial charge is 0.251 e. The van der Waals surface area contributed by atoms with Crippen molar-refractivity contribution in [1.29, 1.82) is 0 Å². The van der Waals surface area contributed by atoms with Gasteiger partial charge in [-0.1, -0.05) is 18.2 Å². The van der Waals surface area contributed by atoms with Crippen molar-refractivity contribution < 1.29 is 4.79 Å². The van der Waals surface area contributed by atoms with Gasteiger partial charge in [-0.2, -0.15) is 0 Å². The van der Waals surface area contributed by atoms with Gasteiger partial charge in [-0.15, -0.1) is 0 Å². The van der Waals surface area contributed by atoms with E-state index in [1.54, 1.807) is 12.1 Å². The monoisotopic (exact) mass is 296 g/mol. The lowest BCUT2D eigenvalue weighted by molar-refractivity contribution is 0.0950. The van der Waals surface area contributed by atoms with Crippen LogP contribution >= 0.6 is 0 Å². The quantitative estimate of drug-likeness (QED) is 0.940. The van der Waals surface area contributed by atoms with Crippen LogP contribution in [-0.4, -0.2) is 29.0 Å². The van der Waals surface area contributed by atoms with Crippen LogP contribution in [0.3, 0.4) is 0 Å². The van der Waals surface area contributed by atoms with E-state index in [4.69, 9.17) is 0 Å². The van der Waals surface area contributed by atoms with Crippen molar-refractivity contribution in [2.75, 3.05) is 18.0 Å². The summed E-state index contributed by atoms with van der Waals surface area (Å²) in [7, 11) is 0. The molecular formula is C17H20N4O. The van der Waals surface area contributed by atoms with E-state index in [1.807, 2.05) is 31.2 Å². The molecular weight excluding hydrogens is 276 g/mol. The van der Waals surface area contributed by atoms with E-state index < -0.39 is 0 Å². The molecule has 1 aliphatic heterocycles. The Morgan fingerprint density at radius 1 is 1.18 bits per heavy atom. The van der Waals surface area contributed by atoms with Gasteiger partial charge < -0.3 is 10.2 Å². The molecule has 0 spiro atoms. The maximum absolute atomic E-state index is 12.1. The zero-order valence-corrected chi connectivity index (χ0v) is 12.7. The second-order valence-electron chi connectivity index (χ2n) is 5.53. The first-order chi connectivity index (χ1) is 10.7. The molecule has 3 rings (SSSR count). The Bertz CT molecular complexity index is 651. The summed E-state index contributed by atoms with van der Waals surface area (Å²) >= 11 is 0. The molecule has 0 atom stereocenters. The fourth-order valence-electron chi connectivity index (χ4n) is 2.65. The van der Waals surface area contributed by atoms with Crippen LogP contribution in [0.15, 0.2) is 36.4 Å². The topological polar surface area (TPSA) is 58.1 Å². The molecule has 0 saturated carbocycles. The van der Waals surface area contributed by atoms with Crippen LogP contribution in [0.5, 0.6) is 0 Å². The largest absolute Gasteiger partial charge is 0.357 e. The van der Waals surface area contributed by atoms with Crippen LogP contribution in [0, 0.1) is 6.92 Å². The summed E-state index contributed by atoms with van der Waals surface area (Å²) in [5.74, 6) is 1.52. The third-order valence-electron chi connectivity index (χ3n) is 3.76.